The van der Waals surface area contributed by atoms with E-state index >= 15 is 0 Å². The molecule has 0 aliphatic heterocycles. The zero-order chi connectivity index (χ0) is 23.1. The number of benzene rings is 2. The van der Waals surface area contributed by atoms with Crippen molar-refractivity contribution in [3.8, 4) is 17.2 Å². The van der Waals surface area contributed by atoms with Crippen molar-refractivity contribution in [2.24, 2.45) is 5.10 Å². The smallest absolute Gasteiger partial charge is 0.259 e. The van der Waals surface area contributed by atoms with Gasteiger partial charge in [0.25, 0.3) is 17.4 Å². The van der Waals surface area contributed by atoms with E-state index in [1.807, 2.05) is 18.2 Å². The van der Waals surface area contributed by atoms with Gasteiger partial charge in [-0.25, -0.2) is 5.43 Å². The first-order valence-electron chi connectivity index (χ1n) is 9.49. The number of carbonyl (C=O) groups is 2. The first-order valence-corrected chi connectivity index (χ1v) is 9.49. The van der Waals surface area contributed by atoms with E-state index in [-0.39, 0.29) is 23.2 Å². The number of H-pyrrole nitrogens is 1. The van der Waals surface area contributed by atoms with Gasteiger partial charge in [0.05, 0.1) is 39.7 Å². The van der Waals surface area contributed by atoms with Crippen LogP contribution >= 0.6 is 0 Å². The van der Waals surface area contributed by atoms with Crippen LogP contribution in [0.2, 0.25) is 0 Å². The van der Waals surface area contributed by atoms with Crippen molar-refractivity contribution in [2.75, 3.05) is 27.9 Å². The Hall–Kier alpha value is -4.34. The number of aromatic amines is 1. The van der Waals surface area contributed by atoms with Crippen LogP contribution in [0.15, 0.2) is 52.4 Å². The van der Waals surface area contributed by atoms with E-state index < -0.39 is 11.8 Å². The van der Waals surface area contributed by atoms with Gasteiger partial charge >= 0.3 is 0 Å². The number of hydrogen-bond donors (Lipinski definition) is 3. The van der Waals surface area contributed by atoms with Crippen molar-refractivity contribution < 1.29 is 23.8 Å². The number of aromatic nitrogens is 1. The number of amides is 2. The van der Waals surface area contributed by atoms with E-state index in [1.165, 1.54) is 39.7 Å². The predicted octanol–water partition coefficient (Wildman–Crippen LogP) is 1.43. The molecule has 10 nitrogen and oxygen atoms in total. The standard InChI is InChI=1S/C22H22N4O6/c1-30-17-9-14(10-18(31-2)20(17)32-3)21(28)23-12-19(27)26-24-11-15-8-13-6-4-5-7-16(13)25-22(15)29/h4-11H,12H2,1-3H3,(H,23,28)(H,25,29)(H,26,27)/b24-11-. The maximum absolute atomic E-state index is 12.4. The molecule has 10 heteroatoms. The monoisotopic (exact) mass is 438 g/mol. The lowest BCUT2D eigenvalue weighted by atomic mass is 10.1. The lowest BCUT2D eigenvalue weighted by Crippen LogP contribution is -2.35. The number of para-hydroxylation sites is 1. The Labute approximate surface area is 183 Å². The highest BCUT2D eigenvalue weighted by Gasteiger charge is 2.17. The molecule has 1 heterocycles. The molecule has 3 N–H and O–H groups in total. The molecular formula is C22H22N4O6. The quantitative estimate of drug-likeness (QED) is 0.360. The predicted molar refractivity (Wildman–Crippen MR) is 119 cm³/mol. The average Bonchev–Trinajstić information content (AvgIpc) is 2.81. The summed E-state index contributed by atoms with van der Waals surface area (Å²) in [5, 5.41) is 7.09. The van der Waals surface area contributed by atoms with Gasteiger partial charge in [-0.2, -0.15) is 5.10 Å². The number of hydrazone groups is 1. The van der Waals surface area contributed by atoms with Crippen molar-refractivity contribution in [3.05, 3.63) is 63.9 Å². The fraction of sp³-hybridized carbons (Fsp3) is 0.182. The molecule has 0 fully saturated rings. The fourth-order valence-electron chi connectivity index (χ4n) is 2.95. The molecule has 0 saturated carbocycles. The maximum Gasteiger partial charge on any atom is 0.259 e. The van der Waals surface area contributed by atoms with E-state index in [0.717, 1.165) is 5.39 Å². The lowest BCUT2D eigenvalue weighted by Gasteiger charge is -2.14. The van der Waals surface area contributed by atoms with Crippen LogP contribution in [-0.4, -0.2) is 50.9 Å². The summed E-state index contributed by atoms with van der Waals surface area (Å²) in [5.41, 5.74) is 3.14. The van der Waals surface area contributed by atoms with Gasteiger partial charge in [0.15, 0.2) is 11.5 Å². The average molecular weight is 438 g/mol. The number of hydrogen-bond acceptors (Lipinski definition) is 7. The third-order valence-electron chi connectivity index (χ3n) is 4.51. The van der Waals surface area contributed by atoms with E-state index in [2.05, 4.69) is 20.8 Å². The number of carbonyl (C=O) groups excluding carboxylic acids is 2. The highest BCUT2D eigenvalue weighted by atomic mass is 16.5. The topological polar surface area (TPSA) is 131 Å². The fourth-order valence-corrected chi connectivity index (χ4v) is 2.95. The second-order valence-corrected chi connectivity index (χ2v) is 6.53. The zero-order valence-corrected chi connectivity index (χ0v) is 17.7. The second kappa shape index (κ2) is 10.1. The summed E-state index contributed by atoms with van der Waals surface area (Å²) < 4.78 is 15.6. The summed E-state index contributed by atoms with van der Waals surface area (Å²) >= 11 is 0. The molecule has 0 saturated heterocycles. The Balaban J connectivity index is 1.61. The highest BCUT2D eigenvalue weighted by Crippen LogP contribution is 2.38. The number of nitrogens with one attached hydrogen (secondary N) is 3. The van der Waals surface area contributed by atoms with Crippen LogP contribution in [0.4, 0.5) is 0 Å². The summed E-state index contributed by atoms with van der Waals surface area (Å²) in [6, 6.07) is 11.9. The first kappa shape index (κ1) is 22.3. The van der Waals surface area contributed by atoms with Crippen LogP contribution in [0.25, 0.3) is 10.9 Å². The molecule has 2 aromatic carbocycles. The molecule has 0 unspecified atom stereocenters. The van der Waals surface area contributed by atoms with E-state index in [0.29, 0.717) is 22.8 Å². The molecule has 0 aliphatic rings. The van der Waals surface area contributed by atoms with Crippen molar-refractivity contribution in [3.63, 3.8) is 0 Å². The summed E-state index contributed by atoms with van der Waals surface area (Å²) in [6.45, 7) is -0.332. The Kier molecular flexibility index (Phi) is 7.06. The normalized spacial score (nSPS) is 10.7. The molecule has 1 aromatic heterocycles. The van der Waals surface area contributed by atoms with Gasteiger partial charge in [0.2, 0.25) is 5.75 Å². The van der Waals surface area contributed by atoms with Crippen molar-refractivity contribution in [1.29, 1.82) is 0 Å². The Bertz CT molecular complexity index is 1210. The van der Waals surface area contributed by atoms with Gasteiger partial charge in [-0.3, -0.25) is 14.4 Å². The minimum Gasteiger partial charge on any atom is -0.493 e. The van der Waals surface area contributed by atoms with Crippen LogP contribution in [-0.2, 0) is 4.79 Å². The third kappa shape index (κ3) is 5.04. The third-order valence-corrected chi connectivity index (χ3v) is 4.51. The summed E-state index contributed by atoms with van der Waals surface area (Å²) in [4.78, 5) is 39.3. The Morgan fingerprint density at radius 2 is 1.72 bits per heavy atom. The number of pyridine rings is 1. The number of rotatable bonds is 8. The molecule has 3 rings (SSSR count). The number of fused-ring (bicyclic) bond motifs is 1. The zero-order valence-electron chi connectivity index (χ0n) is 17.7. The summed E-state index contributed by atoms with van der Waals surface area (Å²) in [6.07, 6.45) is 1.24. The minimum atomic E-state index is -0.570. The minimum absolute atomic E-state index is 0.221. The number of ether oxygens (including phenoxy) is 3. The van der Waals surface area contributed by atoms with Crippen LogP contribution in [0.1, 0.15) is 15.9 Å². The maximum atomic E-state index is 12.4. The van der Waals surface area contributed by atoms with Crippen molar-refractivity contribution >= 4 is 28.9 Å². The molecule has 0 aliphatic carbocycles. The molecular weight excluding hydrogens is 416 g/mol. The lowest BCUT2D eigenvalue weighted by molar-refractivity contribution is -0.120. The molecule has 32 heavy (non-hydrogen) atoms. The van der Waals surface area contributed by atoms with Gasteiger partial charge in [-0.05, 0) is 29.7 Å². The van der Waals surface area contributed by atoms with Gasteiger partial charge < -0.3 is 24.5 Å². The van der Waals surface area contributed by atoms with Crippen molar-refractivity contribution in [1.82, 2.24) is 15.7 Å². The van der Waals surface area contributed by atoms with Crippen LogP contribution in [0.5, 0.6) is 17.2 Å². The van der Waals surface area contributed by atoms with Crippen molar-refractivity contribution in [2.45, 2.75) is 0 Å². The molecule has 0 radical (unpaired) electrons. The van der Waals surface area contributed by atoms with Gasteiger partial charge in [-0.15, -0.1) is 0 Å². The number of nitrogens with zero attached hydrogens (tertiary/aromatic N) is 1. The van der Waals surface area contributed by atoms with E-state index in [4.69, 9.17) is 14.2 Å². The van der Waals surface area contributed by atoms with E-state index in [1.54, 1.807) is 12.1 Å². The summed E-state index contributed by atoms with van der Waals surface area (Å²) in [5.74, 6) is -0.116. The summed E-state index contributed by atoms with van der Waals surface area (Å²) in [7, 11) is 4.33. The SMILES string of the molecule is COc1cc(C(=O)NCC(=O)N/N=C\c2cc3ccccc3[nH]c2=O)cc(OC)c1OC. The van der Waals surface area contributed by atoms with Gasteiger partial charge in [0.1, 0.15) is 0 Å². The Morgan fingerprint density at radius 1 is 1.03 bits per heavy atom. The molecule has 0 atom stereocenters. The van der Waals surface area contributed by atoms with Crippen LogP contribution in [0, 0.1) is 0 Å². The molecule has 0 bridgehead atoms. The van der Waals surface area contributed by atoms with E-state index in [9.17, 15) is 14.4 Å². The molecule has 166 valence electrons. The number of methoxy groups -OCH3 is 3. The largest absolute Gasteiger partial charge is 0.493 e. The molecule has 0 spiro atoms. The Morgan fingerprint density at radius 3 is 2.38 bits per heavy atom. The molecule has 3 aromatic rings. The molecule has 2 amide bonds. The van der Waals surface area contributed by atoms with Crippen LogP contribution in [0.3, 0.4) is 0 Å². The van der Waals surface area contributed by atoms with Gasteiger partial charge in [-0.1, -0.05) is 18.2 Å². The first-order chi connectivity index (χ1) is 15.5. The highest BCUT2D eigenvalue weighted by molar-refractivity contribution is 5.97. The van der Waals surface area contributed by atoms with Crippen LogP contribution < -0.4 is 30.5 Å². The second-order valence-electron chi connectivity index (χ2n) is 6.53. The van der Waals surface area contributed by atoms with Gasteiger partial charge in [0, 0.05) is 11.1 Å².